The lowest BCUT2D eigenvalue weighted by Gasteiger charge is -2.44. The Bertz CT molecular complexity index is 626. The summed E-state index contributed by atoms with van der Waals surface area (Å²) in [6, 6.07) is 3.55. The molecule has 1 aliphatic heterocycles. The van der Waals surface area contributed by atoms with Gasteiger partial charge in [0.25, 0.3) is 5.91 Å². The number of methoxy groups -OCH3 is 1. The standard InChI is InChI=1S/C10H12N2O6S2/c1-18-10(6-12(9(10)14)20(15,16)17)11-8(13)5-7-3-2-4-19-7/h2-4H,5-6H2,1H3,(H,11,13)(H,15,16,17)/t10-/m1/s1. The van der Waals surface area contributed by atoms with E-state index in [0.717, 1.165) is 4.88 Å². The second kappa shape index (κ2) is 5.13. The van der Waals surface area contributed by atoms with E-state index in [9.17, 15) is 18.0 Å². The number of hydrogen-bond donors (Lipinski definition) is 2. The molecule has 2 rings (SSSR count). The number of nitrogens with one attached hydrogen (secondary N) is 1. The number of β-lactam (4-membered cyclic amide) rings is 1. The van der Waals surface area contributed by atoms with Gasteiger partial charge in [-0.25, -0.2) is 4.31 Å². The van der Waals surface area contributed by atoms with Crippen LogP contribution in [0.1, 0.15) is 4.88 Å². The maximum atomic E-state index is 11.8. The molecule has 1 atom stereocenters. The number of nitrogens with zero attached hydrogens (tertiary/aromatic N) is 1. The van der Waals surface area contributed by atoms with Gasteiger partial charge in [0.05, 0.1) is 13.0 Å². The van der Waals surface area contributed by atoms with Gasteiger partial charge in [-0.05, 0) is 11.4 Å². The van der Waals surface area contributed by atoms with Crippen molar-refractivity contribution in [2.45, 2.75) is 12.1 Å². The molecule has 0 bridgehead atoms. The molecule has 0 aromatic carbocycles. The average molecular weight is 320 g/mol. The van der Waals surface area contributed by atoms with Crippen LogP contribution in [0, 0.1) is 0 Å². The zero-order valence-corrected chi connectivity index (χ0v) is 12.0. The highest BCUT2D eigenvalue weighted by molar-refractivity contribution is 7.84. The van der Waals surface area contributed by atoms with Crippen molar-refractivity contribution in [2.24, 2.45) is 0 Å². The lowest BCUT2D eigenvalue weighted by Crippen LogP contribution is -2.76. The van der Waals surface area contributed by atoms with Crippen molar-refractivity contribution in [3.63, 3.8) is 0 Å². The van der Waals surface area contributed by atoms with E-state index in [1.165, 1.54) is 18.4 Å². The third-order valence-corrected chi connectivity index (χ3v) is 4.55. The Labute approximate surface area is 119 Å². The van der Waals surface area contributed by atoms with E-state index < -0.39 is 34.4 Å². The highest BCUT2D eigenvalue weighted by Crippen LogP contribution is 2.26. The lowest BCUT2D eigenvalue weighted by atomic mass is 10.1. The Morgan fingerprint density at radius 2 is 2.35 bits per heavy atom. The predicted molar refractivity (Wildman–Crippen MR) is 69.2 cm³/mol. The molecule has 0 radical (unpaired) electrons. The summed E-state index contributed by atoms with van der Waals surface area (Å²) in [4.78, 5) is 24.4. The van der Waals surface area contributed by atoms with Gasteiger partial charge >= 0.3 is 10.3 Å². The van der Waals surface area contributed by atoms with Crippen LogP contribution in [-0.2, 0) is 31.1 Å². The maximum absolute atomic E-state index is 11.8. The van der Waals surface area contributed by atoms with Gasteiger partial charge in [-0.3, -0.25) is 14.1 Å². The van der Waals surface area contributed by atoms with Crippen molar-refractivity contribution in [3.8, 4) is 0 Å². The van der Waals surface area contributed by atoms with E-state index in [2.05, 4.69) is 5.32 Å². The fourth-order valence-corrected chi connectivity index (χ4v) is 3.18. The molecule has 2 N–H and O–H groups in total. The summed E-state index contributed by atoms with van der Waals surface area (Å²) in [5, 5.41) is 4.16. The second-order valence-electron chi connectivity index (χ2n) is 4.13. The van der Waals surface area contributed by atoms with Gasteiger partial charge in [0.1, 0.15) is 0 Å². The first-order valence-electron chi connectivity index (χ1n) is 5.46. The van der Waals surface area contributed by atoms with Gasteiger partial charge in [-0.1, -0.05) is 6.07 Å². The van der Waals surface area contributed by atoms with Gasteiger partial charge in [0.15, 0.2) is 0 Å². The average Bonchev–Trinajstić information content (AvgIpc) is 2.84. The highest BCUT2D eigenvalue weighted by Gasteiger charge is 2.58. The van der Waals surface area contributed by atoms with E-state index in [0.29, 0.717) is 0 Å². The molecule has 2 heterocycles. The first-order chi connectivity index (χ1) is 9.28. The van der Waals surface area contributed by atoms with Crippen LogP contribution in [0.25, 0.3) is 0 Å². The topological polar surface area (TPSA) is 113 Å². The normalized spacial score (nSPS) is 22.5. The quantitative estimate of drug-likeness (QED) is 0.425. The van der Waals surface area contributed by atoms with Gasteiger partial charge in [0, 0.05) is 12.0 Å². The molecule has 2 amide bonds. The second-order valence-corrected chi connectivity index (χ2v) is 6.49. The fraction of sp³-hybridized carbons (Fsp3) is 0.400. The molecule has 10 heteroatoms. The van der Waals surface area contributed by atoms with E-state index in [1.54, 1.807) is 12.1 Å². The zero-order chi connectivity index (χ0) is 15.0. The van der Waals surface area contributed by atoms with Crippen molar-refractivity contribution in [1.29, 1.82) is 0 Å². The summed E-state index contributed by atoms with van der Waals surface area (Å²) < 4.78 is 35.6. The molecule has 20 heavy (non-hydrogen) atoms. The molecule has 110 valence electrons. The van der Waals surface area contributed by atoms with Crippen molar-refractivity contribution < 1.29 is 27.3 Å². The molecule has 0 spiro atoms. The molecule has 1 fully saturated rings. The summed E-state index contributed by atoms with van der Waals surface area (Å²) in [5.41, 5.74) is -1.73. The number of carbonyl (C=O) groups is 2. The molecule has 1 aromatic rings. The van der Waals surface area contributed by atoms with Crippen LogP contribution in [0.5, 0.6) is 0 Å². The predicted octanol–water partition coefficient (Wildman–Crippen LogP) is -0.606. The third-order valence-electron chi connectivity index (χ3n) is 2.82. The molecule has 0 saturated carbocycles. The third kappa shape index (κ3) is 2.68. The molecule has 0 unspecified atom stereocenters. The molecule has 0 aliphatic carbocycles. The van der Waals surface area contributed by atoms with Crippen LogP contribution in [-0.4, -0.2) is 48.5 Å². The number of thiophene rings is 1. The van der Waals surface area contributed by atoms with Crippen molar-refractivity contribution in [2.75, 3.05) is 13.7 Å². The molecule has 1 saturated heterocycles. The minimum Gasteiger partial charge on any atom is -0.349 e. The van der Waals surface area contributed by atoms with Gasteiger partial charge in [-0.15, -0.1) is 11.3 Å². The molecular formula is C10H12N2O6S2. The van der Waals surface area contributed by atoms with Crippen LogP contribution >= 0.6 is 11.3 Å². The Kier molecular flexibility index (Phi) is 3.82. The van der Waals surface area contributed by atoms with Crippen LogP contribution < -0.4 is 5.32 Å². The Morgan fingerprint density at radius 3 is 2.80 bits per heavy atom. The number of carbonyl (C=O) groups excluding carboxylic acids is 2. The fourth-order valence-electron chi connectivity index (χ4n) is 1.77. The van der Waals surface area contributed by atoms with Crippen molar-refractivity contribution in [1.82, 2.24) is 9.62 Å². The lowest BCUT2D eigenvalue weighted by molar-refractivity contribution is -0.180. The Balaban J connectivity index is 2.04. The summed E-state index contributed by atoms with van der Waals surface area (Å²) >= 11 is 1.38. The summed E-state index contributed by atoms with van der Waals surface area (Å²) in [6.07, 6.45) is 0.0575. The van der Waals surface area contributed by atoms with Crippen LogP contribution in [0.4, 0.5) is 0 Å². The van der Waals surface area contributed by atoms with Gasteiger partial charge in [0.2, 0.25) is 11.6 Å². The summed E-state index contributed by atoms with van der Waals surface area (Å²) in [5.74, 6) is -1.50. The number of ether oxygens (including phenoxy) is 1. The molecular weight excluding hydrogens is 308 g/mol. The molecule has 1 aromatic heterocycles. The van der Waals surface area contributed by atoms with Crippen molar-refractivity contribution in [3.05, 3.63) is 22.4 Å². The minimum absolute atomic E-state index is 0.0575. The summed E-state index contributed by atoms with van der Waals surface area (Å²) in [6.45, 7) is -0.461. The number of hydrogen-bond acceptors (Lipinski definition) is 6. The monoisotopic (exact) mass is 320 g/mol. The Morgan fingerprint density at radius 1 is 1.65 bits per heavy atom. The minimum atomic E-state index is -4.63. The maximum Gasteiger partial charge on any atom is 0.362 e. The highest BCUT2D eigenvalue weighted by atomic mass is 32.2. The van der Waals surface area contributed by atoms with E-state index in [-0.39, 0.29) is 10.7 Å². The summed E-state index contributed by atoms with van der Waals surface area (Å²) in [7, 11) is -3.46. The smallest absolute Gasteiger partial charge is 0.349 e. The van der Waals surface area contributed by atoms with E-state index >= 15 is 0 Å². The number of amides is 2. The van der Waals surface area contributed by atoms with Gasteiger partial charge < -0.3 is 10.1 Å². The number of rotatable bonds is 5. The first kappa shape index (κ1) is 14.9. The van der Waals surface area contributed by atoms with Crippen LogP contribution in [0.15, 0.2) is 17.5 Å². The molecule has 8 nitrogen and oxygen atoms in total. The molecule has 1 aliphatic rings. The van der Waals surface area contributed by atoms with Crippen LogP contribution in [0.3, 0.4) is 0 Å². The van der Waals surface area contributed by atoms with E-state index in [1.807, 2.05) is 5.38 Å². The van der Waals surface area contributed by atoms with Crippen molar-refractivity contribution >= 4 is 33.5 Å². The van der Waals surface area contributed by atoms with E-state index in [4.69, 9.17) is 9.29 Å². The van der Waals surface area contributed by atoms with Crippen LogP contribution in [0.2, 0.25) is 0 Å². The first-order valence-corrected chi connectivity index (χ1v) is 7.74. The SMILES string of the molecule is CO[C@]1(NC(=O)Cc2cccs2)CN(S(=O)(=O)O)C1=O. The zero-order valence-electron chi connectivity index (χ0n) is 10.4. The Hall–Kier alpha value is -1.49. The largest absolute Gasteiger partial charge is 0.362 e. The van der Waals surface area contributed by atoms with Gasteiger partial charge in [-0.2, -0.15) is 8.42 Å².